The van der Waals surface area contributed by atoms with Gasteiger partial charge in [0.15, 0.2) is 0 Å². The standard InChI is InChI=1S/C14H16N4O2S/c1-20-13-15-7-6-12(16-13)17-14(19)18-8-2-4-10(18)11-5-3-9-21-11/h3,5-7,9-10H,2,4,8H2,1H3,(H,15,16,17,19)/t10-/m1/s1. The van der Waals surface area contributed by atoms with Crippen LogP contribution in [0.2, 0.25) is 0 Å². The van der Waals surface area contributed by atoms with Crippen molar-refractivity contribution in [3.8, 4) is 6.01 Å². The predicted octanol–water partition coefficient (Wildman–Crippen LogP) is 2.92. The number of hydrogen-bond acceptors (Lipinski definition) is 5. The molecule has 7 heteroatoms. The lowest BCUT2D eigenvalue weighted by molar-refractivity contribution is 0.207. The second-order valence-electron chi connectivity index (χ2n) is 4.73. The fourth-order valence-corrected chi connectivity index (χ4v) is 3.35. The van der Waals surface area contributed by atoms with E-state index in [1.807, 2.05) is 16.3 Å². The average molecular weight is 304 g/mol. The first-order valence-corrected chi connectivity index (χ1v) is 7.64. The first kappa shape index (κ1) is 13.8. The molecule has 1 aliphatic heterocycles. The maximum Gasteiger partial charge on any atom is 0.323 e. The first-order valence-electron chi connectivity index (χ1n) is 6.76. The summed E-state index contributed by atoms with van der Waals surface area (Å²) in [5.74, 6) is 0.448. The normalized spacial score (nSPS) is 17.8. The van der Waals surface area contributed by atoms with Gasteiger partial charge in [0, 0.05) is 17.6 Å². The number of nitrogens with one attached hydrogen (secondary N) is 1. The summed E-state index contributed by atoms with van der Waals surface area (Å²) in [4.78, 5) is 23.5. The first-order chi connectivity index (χ1) is 10.3. The zero-order valence-corrected chi connectivity index (χ0v) is 12.5. The molecule has 0 bridgehead atoms. The van der Waals surface area contributed by atoms with Gasteiger partial charge in [0.25, 0.3) is 0 Å². The van der Waals surface area contributed by atoms with Gasteiger partial charge in [-0.25, -0.2) is 9.78 Å². The van der Waals surface area contributed by atoms with E-state index in [1.165, 1.54) is 12.0 Å². The lowest BCUT2D eigenvalue weighted by Gasteiger charge is -2.23. The lowest BCUT2D eigenvalue weighted by Crippen LogP contribution is -2.34. The number of hydrogen-bond donors (Lipinski definition) is 1. The second-order valence-corrected chi connectivity index (χ2v) is 5.70. The topological polar surface area (TPSA) is 67.3 Å². The van der Waals surface area contributed by atoms with Crippen LogP contribution < -0.4 is 10.1 Å². The number of anilines is 1. The molecule has 0 spiro atoms. The van der Waals surface area contributed by atoms with Crippen molar-refractivity contribution in [2.75, 3.05) is 19.0 Å². The molecule has 3 rings (SSSR count). The van der Waals surface area contributed by atoms with Crippen LogP contribution in [0.1, 0.15) is 23.8 Å². The zero-order chi connectivity index (χ0) is 14.7. The highest BCUT2D eigenvalue weighted by Crippen LogP contribution is 2.34. The van der Waals surface area contributed by atoms with Gasteiger partial charge in [-0.15, -0.1) is 11.3 Å². The van der Waals surface area contributed by atoms with E-state index in [-0.39, 0.29) is 18.1 Å². The van der Waals surface area contributed by atoms with Crippen molar-refractivity contribution in [1.29, 1.82) is 0 Å². The molecule has 1 N–H and O–H groups in total. The van der Waals surface area contributed by atoms with Crippen molar-refractivity contribution >= 4 is 23.2 Å². The molecule has 21 heavy (non-hydrogen) atoms. The molecule has 1 aliphatic rings. The highest BCUT2D eigenvalue weighted by Gasteiger charge is 2.30. The van der Waals surface area contributed by atoms with E-state index in [0.717, 1.165) is 19.4 Å². The molecular weight excluding hydrogens is 288 g/mol. The lowest BCUT2D eigenvalue weighted by atomic mass is 10.2. The molecule has 0 unspecified atom stereocenters. The molecule has 2 aromatic rings. The summed E-state index contributed by atoms with van der Waals surface area (Å²) in [6, 6.07) is 6.01. The predicted molar refractivity (Wildman–Crippen MR) is 80.6 cm³/mol. The van der Waals surface area contributed by atoms with Crippen LogP contribution in [0.25, 0.3) is 0 Å². The smallest absolute Gasteiger partial charge is 0.323 e. The highest BCUT2D eigenvalue weighted by atomic mass is 32.1. The Balaban J connectivity index is 1.72. The van der Waals surface area contributed by atoms with E-state index in [9.17, 15) is 4.79 Å². The van der Waals surface area contributed by atoms with Crippen LogP contribution in [0.15, 0.2) is 29.8 Å². The molecule has 0 saturated carbocycles. The van der Waals surface area contributed by atoms with Gasteiger partial charge in [-0.05, 0) is 30.4 Å². The Kier molecular flexibility index (Phi) is 4.01. The van der Waals surface area contributed by atoms with Crippen LogP contribution in [0, 0.1) is 0 Å². The van der Waals surface area contributed by atoms with Crippen LogP contribution >= 0.6 is 11.3 Å². The SMILES string of the molecule is COc1nccc(NC(=O)N2CCC[C@@H]2c2cccs2)n1. The number of carbonyl (C=O) groups is 1. The van der Waals surface area contributed by atoms with Gasteiger partial charge in [0.05, 0.1) is 13.2 Å². The number of carbonyl (C=O) groups excluding carboxylic acids is 1. The number of nitrogens with zero attached hydrogens (tertiary/aromatic N) is 3. The van der Waals surface area contributed by atoms with Crippen molar-refractivity contribution in [2.24, 2.45) is 0 Å². The van der Waals surface area contributed by atoms with E-state index in [2.05, 4.69) is 21.4 Å². The van der Waals surface area contributed by atoms with E-state index in [0.29, 0.717) is 5.82 Å². The van der Waals surface area contributed by atoms with Crippen molar-refractivity contribution in [3.05, 3.63) is 34.7 Å². The number of thiophene rings is 1. The van der Waals surface area contributed by atoms with Crippen LogP contribution in [0.3, 0.4) is 0 Å². The minimum Gasteiger partial charge on any atom is -0.467 e. The molecule has 0 aromatic carbocycles. The average Bonchev–Trinajstić information content (AvgIpc) is 3.18. The number of ether oxygens (including phenoxy) is 1. The molecular formula is C14H16N4O2S. The van der Waals surface area contributed by atoms with Crippen molar-refractivity contribution in [1.82, 2.24) is 14.9 Å². The van der Waals surface area contributed by atoms with Crippen LogP contribution in [-0.4, -0.2) is 34.6 Å². The molecule has 2 aromatic heterocycles. The van der Waals surface area contributed by atoms with Gasteiger partial charge >= 0.3 is 12.0 Å². The molecule has 110 valence electrons. The van der Waals surface area contributed by atoms with Crippen molar-refractivity contribution < 1.29 is 9.53 Å². The summed E-state index contributed by atoms with van der Waals surface area (Å²) in [7, 11) is 1.49. The fraction of sp³-hybridized carbons (Fsp3) is 0.357. The van der Waals surface area contributed by atoms with Gasteiger partial charge in [-0.1, -0.05) is 6.07 Å². The maximum atomic E-state index is 12.4. The fourth-order valence-electron chi connectivity index (χ4n) is 2.48. The number of amides is 2. The Morgan fingerprint density at radius 3 is 3.19 bits per heavy atom. The van der Waals surface area contributed by atoms with Gasteiger partial charge in [0.2, 0.25) is 0 Å². The van der Waals surface area contributed by atoms with Crippen LogP contribution in [0.5, 0.6) is 6.01 Å². The molecule has 3 heterocycles. The Hall–Kier alpha value is -2.15. The minimum atomic E-state index is -0.133. The van der Waals surface area contributed by atoms with Crippen LogP contribution in [0.4, 0.5) is 10.6 Å². The zero-order valence-electron chi connectivity index (χ0n) is 11.7. The Labute approximate surface area is 126 Å². The van der Waals surface area contributed by atoms with Crippen molar-refractivity contribution in [3.63, 3.8) is 0 Å². The minimum absolute atomic E-state index is 0.133. The molecule has 6 nitrogen and oxygen atoms in total. The molecule has 0 aliphatic carbocycles. The second kappa shape index (κ2) is 6.09. The Morgan fingerprint density at radius 2 is 2.43 bits per heavy atom. The molecule has 2 amide bonds. The summed E-state index contributed by atoms with van der Waals surface area (Å²) in [6.45, 7) is 0.761. The third kappa shape index (κ3) is 2.97. The maximum absolute atomic E-state index is 12.4. The summed E-state index contributed by atoms with van der Waals surface area (Å²) >= 11 is 1.69. The number of aromatic nitrogens is 2. The number of methoxy groups -OCH3 is 1. The summed E-state index contributed by atoms with van der Waals surface area (Å²) < 4.78 is 4.96. The summed E-state index contributed by atoms with van der Waals surface area (Å²) in [5, 5.41) is 4.85. The van der Waals surface area contributed by atoms with E-state index in [4.69, 9.17) is 4.74 Å². The summed E-state index contributed by atoms with van der Waals surface area (Å²) in [5.41, 5.74) is 0. The van der Waals surface area contributed by atoms with E-state index in [1.54, 1.807) is 23.6 Å². The summed E-state index contributed by atoms with van der Waals surface area (Å²) in [6.07, 6.45) is 3.58. The van der Waals surface area contributed by atoms with Crippen molar-refractivity contribution in [2.45, 2.75) is 18.9 Å². The van der Waals surface area contributed by atoms with Gasteiger partial charge in [-0.3, -0.25) is 5.32 Å². The van der Waals surface area contributed by atoms with E-state index >= 15 is 0 Å². The third-order valence-electron chi connectivity index (χ3n) is 3.44. The number of likely N-dealkylation sites (tertiary alicyclic amines) is 1. The molecule has 1 fully saturated rings. The third-order valence-corrected chi connectivity index (χ3v) is 4.41. The monoisotopic (exact) mass is 304 g/mol. The molecule has 0 radical (unpaired) electrons. The van der Waals surface area contributed by atoms with E-state index < -0.39 is 0 Å². The largest absolute Gasteiger partial charge is 0.467 e. The van der Waals surface area contributed by atoms with Gasteiger partial charge in [0.1, 0.15) is 5.82 Å². The quantitative estimate of drug-likeness (QED) is 0.946. The van der Waals surface area contributed by atoms with Crippen LogP contribution in [-0.2, 0) is 0 Å². The molecule has 1 atom stereocenters. The Bertz CT molecular complexity index is 617. The highest BCUT2D eigenvalue weighted by molar-refractivity contribution is 7.10. The van der Waals surface area contributed by atoms with Gasteiger partial charge < -0.3 is 9.64 Å². The molecule has 1 saturated heterocycles. The number of urea groups is 1. The van der Waals surface area contributed by atoms with Gasteiger partial charge in [-0.2, -0.15) is 4.98 Å². The Morgan fingerprint density at radius 1 is 1.52 bits per heavy atom. The number of rotatable bonds is 3.